The van der Waals surface area contributed by atoms with Gasteiger partial charge in [0.15, 0.2) is 0 Å². The average Bonchev–Trinajstić information content (AvgIpc) is 3.38. The summed E-state index contributed by atoms with van der Waals surface area (Å²) in [5.74, 6) is 1.08. The zero-order valence-corrected chi connectivity index (χ0v) is 15.2. The first-order chi connectivity index (χ1) is 13.1. The Morgan fingerprint density at radius 1 is 1.22 bits per heavy atom. The zero-order valence-electron chi connectivity index (χ0n) is 14.4. The largest absolute Gasteiger partial charge is 0.385 e. The predicted molar refractivity (Wildman–Crippen MR) is 107 cm³/mol. The van der Waals surface area contributed by atoms with E-state index in [2.05, 4.69) is 15.3 Å². The van der Waals surface area contributed by atoms with Gasteiger partial charge in [-0.15, -0.1) is 0 Å². The van der Waals surface area contributed by atoms with Gasteiger partial charge in [-0.1, -0.05) is 17.7 Å². The van der Waals surface area contributed by atoms with Crippen molar-refractivity contribution >= 4 is 39.7 Å². The Hall–Kier alpha value is -2.86. The molecule has 0 aliphatic heterocycles. The molecule has 27 heavy (non-hydrogen) atoms. The molecule has 1 saturated carbocycles. The molecule has 0 bridgehead atoms. The van der Waals surface area contributed by atoms with E-state index < -0.39 is 5.82 Å². The summed E-state index contributed by atoms with van der Waals surface area (Å²) >= 11 is 6.28. The number of halogens is 2. The maximum Gasteiger partial charge on any atom is 0.150 e. The normalized spacial score (nSPS) is 14.1. The molecule has 0 saturated heterocycles. The standard InChI is InChI=1S/C20H17ClFN5/c21-13-2-1-3-14(22)18(13)20-25-10-17-19(23)26-15-7-6-12(8-16(15)27(17)20)24-9-11-4-5-11/h1-3,6-8,10-11,24H,4-5,9H2,(H2,23,26). The lowest BCUT2D eigenvalue weighted by molar-refractivity contribution is 0.630. The highest BCUT2D eigenvalue weighted by atomic mass is 35.5. The average molecular weight is 382 g/mol. The SMILES string of the molecule is Nc1nc2ccc(NCC3CC3)cc2n2c(-c3c(F)cccc3Cl)ncc12. The number of anilines is 2. The summed E-state index contributed by atoms with van der Waals surface area (Å²) in [4.78, 5) is 8.88. The fourth-order valence-corrected chi connectivity index (χ4v) is 3.59. The molecule has 5 rings (SSSR count). The van der Waals surface area contributed by atoms with Crippen LogP contribution in [-0.2, 0) is 0 Å². The predicted octanol–water partition coefficient (Wildman–Crippen LogP) is 4.75. The van der Waals surface area contributed by atoms with E-state index in [0.29, 0.717) is 27.7 Å². The molecule has 5 nitrogen and oxygen atoms in total. The van der Waals surface area contributed by atoms with E-state index in [1.807, 2.05) is 22.6 Å². The minimum Gasteiger partial charge on any atom is -0.385 e. The minimum absolute atomic E-state index is 0.252. The number of nitrogens with one attached hydrogen (secondary N) is 1. The number of rotatable bonds is 4. The molecule has 0 unspecified atom stereocenters. The van der Waals surface area contributed by atoms with Crippen molar-refractivity contribution in [2.75, 3.05) is 17.6 Å². The van der Waals surface area contributed by atoms with Gasteiger partial charge in [-0.05, 0) is 49.1 Å². The highest BCUT2D eigenvalue weighted by Crippen LogP contribution is 2.34. The van der Waals surface area contributed by atoms with Gasteiger partial charge in [-0.2, -0.15) is 0 Å². The van der Waals surface area contributed by atoms with Crippen molar-refractivity contribution in [3.63, 3.8) is 0 Å². The Balaban J connectivity index is 1.76. The second kappa shape index (κ2) is 6.09. The smallest absolute Gasteiger partial charge is 0.150 e. The third-order valence-electron chi connectivity index (χ3n) is 4.96. The summed E-state index contributed by atoms with van der Waals surface area (Å²) in [6, 6.07) is 10.5. The van der Waals surface area contributed by atoms with E-state index in [9.17, 15) is 4.39 Å². The molecule has 4 aromatic rings. The van der Waals surface area contributed by atoms with Crippen LogP contribution in [-0.4, -0.2) is 20.9 Å². The molecule has 2 aromatic heterocycles. The van der Waals surface area contributed by atoms with Gasteiger partial charge in [0.05, 0.1) is 27.8 Å². The number of nitrogen functional groups attached to an aromatic ring is 1. The van der Waals surface area contributed by atoms with E-state index in [-0.39, 0.29) is 5.56 Å². The number of imidazole rings is 1. The molecular formula is C20H17ClFN5. The molecule has 2 aromatic carbocycles. The maximum absolute atomic E-state index is 14.5. The van der Waals surface area contributed by atoms with Crippen molar-refractivity contribution in [1.29, 1.82) is 0 Å². The first-order valence-corrected chi connectivity index (χ1v) is 9.24. The van der Waals surface area contributed by atoms with Crippen LogP contribution in [0.4, 0.5) is 15.9 Å². The number of hydrogen-bond acceptors (Lipinski definition) is 4. The number of fused-ring (bicyclic) bond motifs is 3. The molecule has 0 atom stereocenters. The molecule has 1 fully saturated rings. The molecule has 1 aliphatic carbocycles. The maximum atomic E-state index is 14.5. The summed E-state index contributed by atoms with van der Waals surface area (Å²) in [5.41, 5.74) is 9.49. The Labute approximate surface area is 160 Å². The summed E-state index contributed by atoms with van der Waals surface area (Å²) in [7, 11) is 0. The van der Waals surface area contributed by atoms with Gasteiger partial charge in [0, 0.05) is 12.2 Å². The van der Waals surface area contributed by atoms with Crippen LogP contribution in [0.3, 0.4) is 0 Å². The summed E-state index contributed by atoms with van der Waals surface area (Å²) in [6.07, 6.45) is 4.16. The molecular weight excluding hydrogens is 365 g/mol. The number of hydrogen-bond donors (Lipinski definition) is 2. The van der Waals surface area contributed by atoms with Crippen molar-refractivity contribution in [2.24, 2.45) is 5.92 Å². The summed E-state index contributed by atoms with van der Waals surface area (Å²) in [5, 5.41) is 3.76. The van der Waals surface area contributed by atoms with E-state index in [0.717, 1.165) is 23.7 Å². The molecule has 0 spiro atoms. The van der Waals surface area contributed by atoms with Crippen LogP contribution in [0.1, 0.15) is 12.8 Å². The van der Waals surface area contributed by atoms with Crippen LogP contribution in [0.5, 0.6) is 0 Å². The quantitative estimate of drug-likeness (QED) is 0.535. The molecule has 3 N–H and O–H groups in total. The first-order valence-electron chi connectivity index (χ1n) is 8.87. The van der Waals surface area contributed by atoms with Gasteiger partial charge in [0.2, 0.25) is 0 Å². The Morgan fingerprint density at radius 2 is 2.07 bits per heavy atom. The molecule has 136 valence electrons. The van der Waals surface area contributed by atoms with Crippen molar-refractivity contribution in [2.45, 2.75) is 12.8 Å². The van der Waals surface area contributed by atoms with E-state index in [1.165, 1.54) is 18.9 Å². The van der Waals surface area contributed by atoms with E-state index in [1.54, 1.807) is 18.3 Å². The lowest BCUT2D eigenvalue weighted by Gasteiger charge is -2.12. The summed E-state index contributed by atoms with van der Waals surface area (Å²) in [6.45, 7) is 0.951. The molecule has 1 aliphatic rings. The third-order valence-corrected chi connectivity index (χ3v) is 5.27. The fourth-order valence-electron chi connectivity index (χ4n) is 3.34. The number of nitrogens with zero attached hydrogens (tertiary/aromatic N) is 3. The second-order valence-corrected chi connectivity index (χ2v) is 7.33. The monoisotopic (exact) mass is 381 g/mol. The zero-order chi connectivity index (χ0) is 18.5. The highest BCUT2D eigenvalue weighted by molar-refractivity contribution is 6.33. The van der Waals surface area contributed by atoms with Gasteiger partial charge >= 0.3 is 0 Å². The lowest BCUT2D eigenvalue weighted by atomic mass is 10.2. The van der Waals surface area contributed by atoms with E-state index >= 15 is 0 Å². The van der Waals surface area contributed by atoms with Crippen molar-refractivity contribution < 1.29 is 4.39 Å². The molecule has 2 heterocycles. The number of nitrogens with two attached hydrogens (primary N) is 1. The Kier molecular flexibility index (Phi) is 3.68. The Morgan fingerprint density at radius 3 is 2.85 bits per heavy atom. The van der Waals surface area contributed by atoms with Crippen molar-refractivity contribution in [3.8, 4) is 11.4 Å². The highest BCUT2D eigenvalue weighted by Gasteiger charge is 2.21. The Bertz CT molecular complexity index is 1160. The van der Waals surface area contributed by atoms with Gasteiger partial charge in [0.1, 0.15) is 23.0 Å². The molecule has 0 radical (unpaired) electrons. The lowest BCUT2D eigenvalue weighted by Crippen LogP contribution is -2.05. The van der Waals surface area contributed by atoms with Crippen molar-refractivity contribution in [3.05, 3.63) is 53.4 Å². The fraction of sp³-hybridized carbons (Fsp3) is 0.200. The second-order valence-electron chi connectivity index (χ2n) is 6.92. The number of benzene rings is 2. The van der Waals surface area contributed by atoms with Gasteiger partial charge < -0.3 is 11.1 Å². The molecule has 7 heteroatoms. The molecule has 0 amide bonds. The van der Waals surface area contributed by atoms with Crippen LogP contribution >= 0.6 is 11.6 Å². The number of aromatic nitrogens is 3. The van der Waals surface area contributed by atoms with Gasteiger partial charge in [0.25, 0.3) is 0 Å². The van der Waals surface area contributed by atoms with Crippen LogP contribution in [0.25, 0.3) is 27.9 Å². The summed E-state index contributed by atoms with van der Waals surface area (Å²) < 4.78 is 16.4. The van der Waals surface area contributed by atoms with Crippen LogP contribution in [0.2, 0.25) is 5.02 Å². The van der Waals surface area contributed by atoms with Crippen LogP contribution in [0, 0.1) is 11.7 Å². The third kappa shape index (κ3) is 2.77. The minimum atomic E-state index is -0.429. The van der Waals surface area contributed by atoms with E-state index in [4.69, 9.17) is 17.3 Å². The van der Waals surface area contributed by atoms with Crippen LogP contribution in [0.15, 0.2) is 42.6 Å². The van der Waals surface area contributed by atoms with Crippen molar-refractivity contribution in [1.82, 2.24) is 14.4 Å². The topological polar surface area (TPSA) is 68.2 Å². The first kappa shape index (κ1) is 16.3. The van der Waals surface area contributed by atoms with Gasteiger partial charge in [-0.25, -0.2) is 14.4 Å². The van der Waals surface area contributed by atoms with Crippen LogP contribution < -0.4 is 11.1 Å². The van der Waals surface area contributed by atoms with Gasteiger partial charge in [-0.3, -0.25) is 4.40 Å².